The van der Waals surface area contributed by atoms with E-state index >= 15 is 0 Å². The minimum atomic E-state index is -0.164. The second kappa shape index (κ2) is 10.5. The molecule has 3 rings (SSSR count). The first-order chi connectivity index (χ1) is 14.1. The van der Waals surface area contributed by atoms with Gasteiger partial charge in [-0.05, 0) is 42.2 Å². The molecule has 6 heteroatoms. The number of hydrogen-bond donors (Lipinski definition) is 1. The fourth-order valence-corrected chi connectivity index (χ4v) is 3.89. The molecule has 1 fully saturated rings. The van der Waals surface area contributed by atoms with Gasteiger partial charge in [0.15, 0.2) is 0 Å². The van der Waals surface area contributed by atoms with Crippen LogP contribution in [0.25, 0.3) is 6.08 Å². The van der Waals surface area contributed by atoms with Crippen molar-refractivity contribution in [3.63, 3.8) is 0 Å². The Morgan fingerprint density at radius 1 is 1.10 bits per heavy atom. The van der Waals surface area contributed by atoms with E-state index in [1.165, 1.54) is 17.3 Å². The molecular weight excluding hydrogens is 402 g/mol. The summed E-state index contributed by atoms with van der Waals surface area (Å²) in [6.07, 6.45) is 3.70. The van der Waals surface area contributed by atoms with Crippen LogP contribution in [0.15, 0.2) is 53.4 Å². The maximum atomic E-state index is 11.9. The average molecular weight is 428 g/mol. The third-order valence-corrected chi connectivity index (χ3v) is 5.89. The number of thiocarbonyl (C=S) groups is 1. The Balaban J connectivity index is 1.48. The van der Waals surface area contributed by atoms with Crippen molar-refractivity contribution < 1.29 is 14.3 Å². The lowest BCUT2D eigenvalue weighted by molar-refractivity contribution is -0.115. The molecule has 0 spiro atoms. The third-order valence-electron chi connectivity index (χ3n) is 4.72. The number of nitrogens with one attached hydrogen (secondary N) is 1. The zero-order valence-corrected chi connectivity index (χ0v) is 18.3. The normalized spacial score (nSPS) is 16.0. The van der Waals surface area contributed by atoms with Crippen molar-refractivity contribution in [2.75, 3.05) is 13.2 Å². The molecule has 1 atom stereocenters. The number of carbonyl (C=O) groups is 1. The van der Waals surface area contributed by atoms with Gasteiger partial charge in [-0.2, -0.15) is 0 Å². The maximum Gasteiger partial charge on any atom is 0.263 e. The summed E-state index contributed by atoms with van der Waals surface area (Å²) >= 11 is 6.30. The summed E-state index contributed by atoms with van der Waals surface area (Å²) in [5, 5.41) is 2.62. The Kier molecular flexibility index (Phi) is 7.72. The standard InChI is InChI=1S/C23H25NO3S2/c1-3-16(2)17-9-11-19(12-10-17)26-13-6-14-27-20-8-5-4-7-18(20)15-21-22(25)24-23(28)29-21/h4-5,7-12,15-16H,3,6,13-14H2,1-2H3,(H,24,25,28). The Hall–Kier alpha value is -2.31. The molecule has 2 aromatic carbocycles. The van der Waals surface area contributed by atoms with Gasteiger partial charge in [-0.3, -0.25) is 4.79 Å². The van der Waals surface area contributed by atoms with Gasteiger partial charge in [0.2, 0.25) is 0 Å². The first-order valence-electron chi connectivity index (χ1n) is 9.76. The fraction of sp³-hybridized carbons (Fsp3) is 0.304. The highest BCUT2D eigenvalue weighted by molar-refractivity contribution is 8.26. The molecule has 0 aliphatic carbocycles. The SMILES string of the molecule is CCC(C)c1ccc(OCCCOc2ccccc2C=C2SC(=S)NC2=O)cc1. The zero-order valence-electron chi connectivity index (χ0n) is 16.6. The number of carbonyl (C=O) groups excluding carboxylic acids is 1. The molecule has 29 heavy (non-hydrogen) atoms. The van der Waals surface area contributed by atoms with Crippen LogP contribution >= 0.6 is 24.0 Å². The van der Waals surface area contributed by atoms with Crippen molar-refractivity contribution in [2.24, 2.45) is 0 Å². The van der Waals surface area contributed by atoms with Gasteiger partial charge in [-0.1, -0.05) is 68.2 Å². The predicted molar refractivity (Wildman–Crippen MR) is 124 cm³/mol. The van der Waals surface area contributed by atoms with Gasteiger partial charge in [0.05, 0.1) is 18.1 Å². The molecule has 152 valence electrons. The Morgan fingerprint density at radius 2 is 1.83 bits per heavy atom. The largest absolute Gasteiger partial charge is 0.493 e. The van der Waals surface area contributed by atoms with Crippen LogP contribution in [0.5, 0.6) is 11.5 Å². The second-order valence-corrected chi connectivity index (χ2v) is 8.54. The molecule has 1 saturated heterocycles. The fourth-order valence-electron chi connectivity index (χ4n) is 2.85. The Bertz CT molecular complexity index is 893. The summed E-state index contributed by atoms with van der Waals surface area (Å²) < 4.78 is 12.2. The van der Waals surface area contributed by atoms with E-state index in [-0.39, 0.29) is 5.91 Å². The predicted octanol–water partition coefficient (Wildman–Crippen LogP) is 5.54. The first kappa shape index (κ1) is 21.4. The van der Waals surface area contributed by atoms with E-state index in [0.717, 1.165) is 29.9 Å². The number of amides is 1. The van der Waals surface area contributed by atoms with Crippen LogP contribution in [-0.4, -0.2) is 23.4 Å². The van der Waals surface area contributed by atoms with E-state index in [1.807, 2.05) is 42.5 Å². The van der Waals surface area contributed by atoms with Crippen molar-refractivity contribution in [2.45, 2.75) is 32.6 Å². The summed E-state index contributed by atoms with van der Waals surface area (Å²) in [5.74, 6) is 2.02. The quantitative estimate of drug-likeness (QED) is 0.324. The lowest BCUT2D eigenvalue weighted by atomic mass is 9.99. The molecule has 0 saturated carbocycles. The lowest BCUT2D eigenvalue weighted by Gasteiger charge is -2.12. The summed E-state index contributed by atoms with van der Waals surface area (Å²) in [7, 11) is 0. The van der Waals surface area contributed by atoms with Crippen molar-refractivity contribution in [1.82, 2.24) is 5.32 Å². The van der Waals surface area contributed by atoms with E-state index < -0.39 is 0 Å². The van der Waals surface area contributed by atoms with Gasteiger partial charge in [-0.15, -0.1) is 0 Å². The highest BCUT2D eigenvalue weighted by Gasteiger charge is 2.22. The topological polar surface area (TPSA) is 47.6 Å². The minimum absolute atomic E-state index is 0.164. The highest BCUT2D eigenvalue weighted by Crippen LogP contribution is 2.29. The summed E-state index contributed by atoms with van der Waals surface area (Å²) in [6, 6.07) is 16.0. The summed E-state index contributed by atoms with van der Waals surface area (Å²) in [4.78, 5) is 12.4. The Morgan fingerprint density at radius 3 is 2.52 bits per heavy atom. The number of para-hydroxylation sites is 1. The van der Waals surface area contributed by atoms with Gasteiger partial charge < -0.3 is 14.8 Å². The van der Waals surface area contributed by atoms with E-state index in [0.29, 0.717) is 28.4 Å². The van der Waals surface area contributed by atoms with Crippen LogP contribution < -0.4 is 14.8 Å². The summed E-state index contributed by atoms with van der Waals surface area (Å²) in [6.45, 7) is 5.54. The van der Waals surface area contributed by atoms with Gasteiger partial charge in [0.25, 0.3) is 5.91 Å². The van der Waals surface area contributed by atoms with E-state index in [2.05, 4.69) is 31.3 Å². The van der Waals surface area contributed by atoms with Crippen LogP contribution in [0.2, 0.25) is 0 Å². The summed E-state index contributed by atoms with van der Waals surface area (Å²) in [5.41, 5.74) is 2.19. The molecular formula is C23H25NO3S2. The van der Waals surface area contributed by atoms with Crippen molar-refractivity contribution in [3.8, 4) is 11.5 Å². The number of rotatable bonds is 9. The smallest absolute Gasteiger partial charge is 0.263 e. The molecule has 1 unspecified atom stereocenters. The zero-order chi connectivity index (χ0) is 20.6. The van der Waals surface area contributed by atoms with Crippen molar-refractivity contribution in [3.05, 3.63) is 64.6 Å². The van der Waals surface area contributed by atoms with Crippen LogP contribution in [-0.2, 0) is 4.79 Å². The molecule has 1 amide bonds. The molecule has 1 N–H and O–H groups in total. The molecule has 0 bridgehead atoms. The van der Waals surface area contributed by atoms with Crippen molar-refractivity contribution in [1.29, 1.82) is 0 Å². The second-order valence-electron chi connectivity index (χ2n) is 6.82. The maximum absolute atomic E-state index is 11.9. The molecule has 1 aliphatic rings. The highest BCUT2D eigenvalue weighted by atomic mass is 32.2. The third kappa shape index (κ3) is 6.08. The van der Waals surface area contributed by atoms with Crippen molar-refractivity contribution >= 4 is 40.3 Å². The monoisotopic (exact) mass is 427 g/mol. The average Bonchev–Trinajstić information content (AvgIpc) is 3.05. The molecule has 4 nitrogen and oxygen atoms in total. The van der Waals surface area contributed by atoms with E-state index in [9.17, 15) is 4.79 Å². The molecule has 1 aliphatic heterocycles. The van der Waals surface area contributed by atoms with E-state index in [4.69, 9.17) is 21.7 Å². The number of ether oxygens (including phenoxy) is 2. The van der Waals surface area contributed by atoms with Crippen LogP contribution in [0.3, 0.4) is 0 Å². The molecule has 0 aromatic heterocycles. The van der Waals surface area contributed by atoms with Crippen LogP contribution in [0, 0.1) is 0 Å². The van der Waals surface area contributed by atoms with Gasteiger partial charge in [-0.25, -0.2) is 0 Å². The minimum Gasteiger partial charge on any atom is -0.493 e. The Labute approximate surface area is 181 Å². The van der Waals surface area contributed by atoms with Gasteiger partial charge >= 0.3 is 0 Å². The molecule has 1 heterocycles. The van der Waals surface area contributed by atoms with Gasteiger partial charge in [0, 0.05) is 12.0 Å². The first-order valence-corrected chi connectivity index (χ1v) is 11.0. The molecule has 0 radical (unpaired) electrons. The van der Waals surface area contributed by atoms with Gasteiger partial charge in [0.1, 0.15) is 15.8 Å². The number of hydrogen-bond acceptors (Lipinski definition) is 5. The number of benzene rings is 2. The number of thioether (sulfide) groups is 1. The van der Waals surface area contributed by atoms with Crippen LogP contribution in [0.1, 0.15) is 43.7 Å². The van der Waals surface area contributed by atoms with Crippen LogP contribution in [0.4, 0.5) is 0 Å². The molecule has 2 aromatic rings. The van der Waals surface area contributed by atoms with E-state index in [1.54, 1.807) is 0 Å². The lowest BCUT2D eigenvalue weighted by Crippen LogP contribution is -2.17.